The Morgan fingerprint density at radius 1 is 1.18 bits per heavy atom. The normalized spacial score (nSPS) is 17.5. The second kappa shape index (κ2) is 5.06. The van der Waals surface area contributed by atoms with Crippen molar-refractivity contribution in [2.24, 2.45) is 0 Å². The zero-order valence-corrected chi connectivity index (χ0v) is 9.41. The van der Waals surface area contributed by atoms with Crippen LogP contribution < -0.4 is 0 Å². The third kappa shape index (κ3) is 2.61. The van der Waals surface area contributed by atoms with Gasteiger partial charge < -0.3 is 10.2 Å². The van der Waals surface area contributed by atoms with Crippen molar-refractivity contribution < 1.29 is 23.4 Å². The summed E-state index contributed by atoms with van der Waals surface area (Å²) in [5, 5.41) is 19.4. The van der Waals surface area contributed by atoms with Gasteiger partial charge in [-0.3, -0.25) is 0 Å². The summed E-state index contributed by atoms with van der Waals surface area (Å²) in [5.74, 6) is 0. The van der Waals surface area contributed by atoms with Crippen LogP contribution >= 0.6 is 0 Å². The number of hydrogen-bond acceptors (Lipinski definition) is 2. The van der Waals surface area contributed by atoms with E-state index in [9.17, 15) is 23.4 Å². The van der Waals surface area contributed by atoms with Gasteiger partial charge in [-0.15, -0.1) is 0 Å². The molecule has 0 spiro atoms. The topological polar surface area (TPSA) is 40.5 Å². The molecule has 1 aromatic rings. The van der Waals surface area contributed by atoms with Crippen molar-refractivity contribution in [2.75, 3.05) is 0 Å². The number of halogens is 3. The molecule has 0 aliphatic heterocycles. The minimum atomic E-state index is -4.91. The van der Waals surface area contributed by atoms with Gasteiger partial charge in [0.05, 0.1) is 6.10 Å². The molecular weight excluding hydrogens is 233 g/mol. The molecule has 0 unspecified atom stereocenters. The molecule has 1 rings (SSSR count). The number of rotatable bonds is 4. The van der Waals surface area contributed by atoms with Crippen LogP contribution in [-0.2, 0) is 5.60 Å². The Labute approximate surface area is 97.7 Å². The van der Waals surface area contributed by atoms with Crippen molar-refractivity contribution >= 4 is 0 Å². The van der Waals surface area contributed by atoms with E-state index in [0.717, 1.165) is 12.1 Å². The van der Waals surface area contributed by atoms with E-state index < -0.39 is 17.9 Å². The summed E-state index contributed by atoms with van der Waals surface area (Å²) < 4.78 is 38.9. The van der Waals surface area contributed by atoms with Crippen molar-refractivity contribution in [1.82, 2.24) is 0 Å². The quantitative estimate of drug-likeness (QED) is 0.859. The molecule has 0 bridgehead atoms. The highest BCUT2D eigenvalue weighted by atomic mass is 19.4. The first-order valence-electron chi connectivity index (χ1n) is 5.36. The van der Waals surface area contributed by atoms with Crippen LogP contribution in [0.3, 0.4) is 0 Å². The molecule has 0 aliphatic carbocycles. The Morgan fingerprint density at radius 3 is 2.12 bits per heavy atom. The van der Waals surface area contributed by atoms with Crippen LogP contribution in [0.1, 0.15) is 25.3 Å². The van der Waals surface area contributed by atoms with Crippen LogP contribution in [0.15, 0.2) is 30.3 Å². The third-order valence-electron chi connectivity index (χ3n) is 2.69. The summed E-state index contributed by atoms with van der Waals surface area (Å²) >= 11 is 0. The minimum absolute atomic E-state index is 0.120. The first-order valence-corrected chi connectivity index (χ1v) is 5.36. The van der Waals surface area contributed by atoms with Crippen LogP contribution in [0.25, 0.3) is 0 Å². The highest BCUT2D eigenvalue weighted by molar-refractivity contribution is 5.25. The highest BCUT2D eigenvalue weighted by Crippen LogP contribution is 2.42. The molecule has 0 aromatic heterocycles. The Bertz CT molecular complexity index is 351. The van der Waals surface area contributed by atoms with E-state index in [1.165, 1.54) is 12.1 Å². The Balaban J connectivity index is 3.21. The van der Waals surface area contributed by atoms with Gasteiger partial charge in [0.15, 0.2) is 0 Å². The number of benzene rings is 1. The van der Waals surface area contributed by atoms with Crippen molar-refractivity contribution in [3.63, 3.8) is 0 Å². The van der Waals surface area contributed by atoms with Gasteiger partial charge in [0.1, 0.15) is 0 Å². The van der Waals surface area contributed by atoms with Gasteiger partial charge in [-0.05, 0) is 12.0 Å². The molecule has 0 saturated heterocycles. The predicted molar refractivity (Wildman–Crippen MR) is 57.3 cm³/mol. The van der Waals surface area contributed by atoms with E-state index in [0.29, 0.717) is 6.42 Å². The fourth-order valence-corrected chi connectivity index (χ4v) is 1.72. The Kier molecular flexibility index (Phi) is 4.16. The molecule has 2 atom stereocenters. The molecule has 2 nitrogen and oxygen atoms in total. The van der Waals surface area contributed by atoms with E-state index >= 15 is 0 Å². The summed E-state index contributed by atoms with van der Waals surface area (Å²) in [6.07, 6.45) is -6.55. The Hall–Kier alpha value is -1.07. The van der Waals surface area contributed by atoms with Crippen molar-refractivity contribution in [3.05, 3.63) is 35.9 Å². The zero-order chi connectivity index (χ0) is 13.1. The average Bonchev–Trinajstić information content (AvgIpc) is 2.28. The fourth-order valence-electron chi connectivity index (χ4n) is 1.72. The lowest BCUT2D eigenvalue weighted by Crippen LogP contribution is -2.51. The molecule has 0 saturated carbocycles. The molecule has 1 aromatic carbocycles. The summed E-state index contributed by atoms with van der Waals surface area (Å²) in [5.41, 5.74) is -3.54. The van der Waals surface area contributed by atoms with Gasteiger partial charge in [-0.25, -0.2) is 0 Å². The van der Waals surface area contributed by atoms with E-state index in [4.69, 9.17) is 0 Å². The van der Waals surface area contributed by atoms with Gasteiger partial charge in [-0.1, -0.05) is 43.7 Å². The van der Waals surface area contributed by atoms with Gasteiger partial charge in [0.25, 0.3) is 0 Å². The first-order chi connectivity index (χ1) is 7.84. The standard InChI is InChI=1S/C12H15F3O2/c1-2-6-10(16)11(17,12(13,14)15)9-7-4-3-5-8-9/h3-5,7-8,10,16-17H,2,6H2,1H3/t10-,11+/m1/s1. The smallest absolute Gasteiger partial charge is 0.389 e. The second-order valence-electron chi connectivity index (χ2n) is 3.93. The van der Waals surface area contributed by atoms with Gasteiger partial charge >= 0.3 is 6.18 Å². The van der Waals surface area contributed by atoms with Crippen molar-refractivity contribution in [3.8, 4) is 0 Å². The number of alkyl halides is 3. The van der Waals surface area contributed by atoms with Crippen molar-refractivity contribution in [2.45, 2.75) is 37.6 Å². The second-order valence-corrected chi connectivity index (χ2v) is 3.93. The van der Waals surface area contributed by atoms with Gasteiger partial charge in [0.2, 0.25) is 5.60 Å². The Morgan fingerprint density at radius 2 is 1.71 bits per heavy atom. The largest absolute Gasteiger partial charge is 0.424 e. The summed E-state index contributed by atoms with van der Waals surface area (Å²) in [6, 6.07) is 6.65. The highest BCUT2D eigenvalue weighted by Gasteiger charge is 2.59. The number of aliphatic hydroxyl groups is 2. The molecule has 17 heavy (non-hydrogen) atoms. The summed E-state index contributed by atoms with van der Waals surface area (Å²) in [6.45, 7) is 1.64. The molecule has 0 radical (unpaired) electrons. The lowest BCUT2D eigenvalue weighted by atomic mass is 9.85. The zero-order valence-electron chi connectivity index (χ0n) is 9.41. The maximum Gasteiger partial charge on any atom is 0.424 e. The molecule has 96 valence electrons. The van der Waals surface area contributed by atoms with Gasteiger partial charge in [0, 0.05) is 0 Å². The summed E-state index contributed by atoms with van der Waals surface area (Å²) in [7, 11) is 0. The number of hydrogen-bond donors (Lipinski definition) is 2. The lowest BCUT2D eigenvalue weighted by molar-refractivity contribution is -0.298. The maximum absolute atomic E-state index is 13.0. The minimum Gasteiger partial charge on any atom is -0.389 e. The van der Waals surface area contributed by atoms with Crippen LogP contribution in [0, 0.1) is 0 Å². The third-order valence-corrected chi connectivity index (χ3v) is 2.69. The fraction of sp³-hybridized carbons (Fsp3) is 0.500. The SMILES string of the molecule is CCC[C@@H](O)[C@@](O)(c1ccccc1)C(F)(F)F. The lowest BCUT2D eigenvalue weighted by Gasteiger charge is -2.35. The van der Waals surface area contributed by atoms with Crippen LogP contribution in [0.4, 0.5) is 13.2 Å². The first kappa shape index (κ1) is 14.0. The molecule has 0 amide bonds. The molecule has 2 N–H and O–H groups in total. The monoisotopic (exact) mass is 248 g/mol. The summed E-state index contributed by atoms with van der Waals surface area (Å²) in [4.78, 5) is 0. The predicted octanol–water partition coefficient (Wildman–Crippen LogP) is 2.60. The van der Waals surface area contributed by atoms with Crippen LogP contribution in [0.2, 0.25) is 0 Å². The molecule has 0 aliphatic rings. The number of aliphatic hydroxyl groups excluding tert-OH is 1. The molecule has 0 heterocycles. The average molecular weight is 248 g/mol. The molecule has 0 fully saturated rings. The maximum atomic E-state index is 13.0. The van der Waals surface area contributed by atoms with E-state index in [1.807, 2.05) is 0 Å². The molecule has 5 heteroatoms. The van der Waals surface area contributed by atoms with Crippen LogP contribution in [-0.4, -0.2) is 22.5 Å². The van der Waals surface area contributed by atoms with Crippen LogP contribution in [0.5, 0.6) is 0 Å². The van der Waals surface area contributed by atoms with E-state index in [1.54, 1.807) is 13.0 Å². The van der Waals surface area contributed by atoms with E-state index in [2.05, 4.69) is 0 Å². The van der Waals surface area contributed by atoms with Gasteiger partial charge in [-0.2, -0.15) is 13.2 Å². The van der Waals surface area contributed by atoms with E-state index in [-0.39, 0.29) is 12.0 Å². The van der Waals surface area contributed by atoms with Crippen molar-refractivity contribution in [1.29, 1.82) is 0 Å². The molecular formula is C12H15F3O2.